The van der Waals surface area contributed by atoms with Crippen molar-refractivity contribution in [1.29, 1.82) is 0 Å². The Morgan fingerprint density at radius 2 is 1.89 bits per heavy atom. The van der Waals surface area contributed by atoms with Gasteiger partial charge in [0.25, 0.3) is 5.91 Å². The lowest BCUT2D eigenvalue weighted by Gasteiger charge is -2.14. The van der Waals surface area contributed by atoms with Crippen LogP contribution in [-0.4, -0.2) is 33.5 Å². The van der Waals surface area contributed by atoms with Crippen LogP contribution in [0.25, 0.3) is 0 Å². The van der Waals surface area contributed by atoms with Crippen LogP contribution in [0.4, 0.5) is 0 Å². The first kappa shape index (κ1) is 18.5. The van der Waals surface area contributed by atoms with Gasteiger partial charge in [-0.3, -0.25) is 14.3 Å². The summed E-state index contributed by atoms with van der Waals surface area (Å²) in [4.78, 5) is 29.4. The monoisotopic (exact) mass is 362 g/mol. The normalized spacial score (nSPS) is 11.8. The van der Waals surface area contributed by atoms with Crippen LogP contribution in [0, 0.1) is 0 Å². The van der Waals surface area contributed by atoms with E-state index in [1.807, 2.05) is 50.4 Å². The van der Waals surface area contributed by atoms with Crippen molar-refractivity contribution < 1.29 is 9.59 Å². The molecule has 1 amide bonds. The van der Waals surface area contributed by atoms with Crippen molar-refractivity contribution in [3.63, 3.8) is 0 Å². The van der Waals surface area contributed by atoms with Crippen LogP contribution in [0.5, 0.6) is 0 Å². The molecule has 1 aromatic carbocycles. The van der Waals surface area contributed by atoms with Gasteiger partial charge in [0.2, 0.25) is 0 Å². The summed E-state index contributed by atoms with van der Waals surface area (Å²) < 4.78 is 1.66. The highest BCUT2D eigenvalue weighted by atomic mass is 16.1. The Bertz CT molecular complexity index is 963. The van der Waals surface area contributed by atoms with Crippen molar-refractivity contribution in [3.05, 3.63) is 82.9 Å². The number of benzene rings is 1. The SMILES string of the molecule is CNC(=O)c1cc(C(=O)Cc2ccn(C)n2)cc([C@@H](C)c2ccccc2)n1. The van der Waals surface area contributed by atoms with Crippen molar-refractivity contribution in [3.8, 4) is 0 Å². The summed E-state index contributed by atoms with van der Waals surface area (Å²) in [5, 5.41) is 6.83. The Kier molecular flexibility index (Phi) is 5.45. The Labute approximate surface area is 158 Å². The number of carbonyl (C=O) groups excluding carboxylic acids is 2. The summed E-state index contributed by atoms with van der Waals surface area (Å²) in [6.07, 6.45) is 1.98. The van der Waals surface area contributed by atoms with E-state index in [4.69, 9.17) is 0 Å². The van der Waals surface area contributed by atoms with Gasteiger partial charge in [0, 0.05) is 37.5 Å². The number of nitrogens with one attached hydrogen (secondary N) is 1. The van der Waals surface area contributed by atoms with E-state index in [1.54, 1.807) is 30.1 Å². The van der Waals surface area contributed by atoms with E-state index in [-0.39, 0.29) is 29.7 Å². The van der Waals surface area contributed by atoms with Crippen molar-refractivity contribution >= 4 is 11.7 Å². The number of Topliss-reactive ketones (excluding diaryl/α,β-unsaturated/α-hetero) is 1. The second kappa shape index (κ2) is 7.95. The zero-order chi connectivity index (χ0) is 19.4. The fourth-order valence-corrected chi connectivity index (χ4v) is 2.92. The lowest BCUT2D eigenvalue weighted by atomic mass is 9.94. The quantitative estimate of drug-likeness (QED) is 0.684. The van der Waals surface area contributed by atoms with Gasteiger partial charge in [0.1, 0.15) is 5.69 Å². The number of hydrogen-bond donors (Lipinski definition) is 1. The summed E-state index contributed by atoms with van der Waals surface area (Å²) in [6.45, 7) is 2.01. The van der Waals surface area contributed by atoms with Gasteiger partial charge in [-0.05, 0) is 23.8 Å². The van der Waals surface area contributed by atoms with Gasteiger partial charge in [-0.25, -0.2) is 4.98 Å². The van der Waals surface area contributed by atoms with Crippen LogP contribution in [0.1, 0.15) is 50.6 Å². The molecule has 0 saturated heterocycles. The standard InChI is InChI=1S/C21H22N4O2/c1-14(15-7-5-4-6-8-15)18-11-16(12-19(23-18)21(27)22-2)20(26)13-17-9-10-25(3)24-17/h4-12,14H,13H2,1-3H3,(H,22,27)/t14-/m0/s1. The van der Waals surface area contributed by atoms with Crippen molar-refractivity contribution in [1.82, 2.24) is 20.1 Å². The van der Waals surface area contributed by atoms with E-state index in [2.05, 4.69) is 15.4 Å². The number of amides is 1. The highest BCUT2D eigenvalue weighted by Crippen LogP contribution is 2.24. The number of rotatable bonds is 6. The molecule has 0 saturated carbocycles. The number of ketones is 1. The van der Waals surface area contributed by atoms with Gasteiger partial charge < -0.3 is 5.32 Å². The first-order valence-electron chi connectivity index (χ1n) is 8.78. The number of nitrogens with zero attached hydrogens (tertiary/aromatic N) is 3. The molecule has 0 aliphatic heterocycles. The third-order valence-corrected chi connectivity index (χ3v) is 4.48. The molecule has 1 atom stereocenters. The fraction of sp³-hybridized carbons (Fsp3) is 0.238. The topological polar surface area (TPSA) is 76.9 Å². The van der Waals surface area contributed by atoms with Gasteiger partial charge >= 0.3 is 0 Å². The Morgan fingerprint density at radius 3 is 2.52 bits per heavy atom. The summed E-state index contributed by atoms with van der Waals surface area (Å²) >= 11 is 0. The van der Waals surface area contributed by atoms with E-state index in [9.17, 15) is 9.59 Å². The third kappa shape index (κ3) is 4.28. The van der Waals surface area contributed by atoms with Crippen LogP contribution in [0.15, 0.2) is 54.7 Å². The number of aryl methyl sites for hydroxylation is 1. The predicted molar refractivity (Wildman–Crippen MR) is 103 cm³/mol. The third-order valence-electron chi connectivity index (χ3n) is 4.48. The molecule has 0 aliphatic carbocycles. The molecule has 0 spiro atoms. The minimum absolute atomic E-state index is 0.0443. The molecule has 3 aromatic rings. The number of carbonyl (C=O) groups is 2. The molecule has 0 aliphatic rings. The zero-order valence-electron chi connectivity index (χ0n) is 15.6. The summed E-state index contributed by atoms with van der Waals surface area (Å²) in [6, 6.07) is 15.0. The maximum atomic E-state index is 12.8. The van der Waals surface area contributed by atoms with Gasteiger partial charge in [0.15, 0.2) is 5.78 Å². The second-order valence-electron chi connectivity index (χ2n) is 6.46. The summed E-state index contributed by atoms with van der Waals surface area (Å²) in [5.74, 6) is -0.455. The smallest absolute Gasteiger partial charge is 0.269 e. The summed E-state index contributed by atoms with van der Waals surface area (Å²) in [5.41, 5.74) is 3.15. The largest absolute Gasteiger partial charge is 0.354 e. The first-order chi connectivity index (χ1) is 13.0. The molecule has 1 N–H and O–H groups in total. The fourth-order valence-electron chi connectivity index (χ4n) is 2.92. The molecule has 0 unspecified atom stereocenters. The molecule has 138 valence electrons. The van der Waals surface area contributed by atoms with Crippen molar-refractivity contribution in [2.45, 2.75) is 19.3 Å². The highest BCUT2D eigenvalue weighted by Gasteiger charge is 2.18. The van der Waals surface area contributed by atoms with Crippen LogP contribution >= 0.6 is 0 Å². The highest BCUT2D eigenvalue weighted by molar-refractivity contribution is 6.00. The van der Waals surface area contributed by atoms with Crippen molar-refractivity contribution in [2.75, 3.05) is 7.05 Å². The number of hydrogen-bond acceptors (Lipinski definition) is 4. The molecule has 0 bridgehead atoms. The molecule has 3 rings (SSSR count). The van der Waals surface area contributed by atoms with Crippen LogP contribution < -0.4 is 5.32 Å². The lowest BCUT2D eigenvalue weighted by Crippen LogP contribution is -2.21. The molecule has 0 radical (unpaired) electrons. The lowest BCUT2D eigenvalue weighted by molar-refractivity contribution is 0.0958. The zero-order valence-corrected chi connectivity index (χ0v) is 15.6. The van der Waals surface area contributed by atoms with Crippen LogP contribution in [0.2, 0.25) is 0 Å². The average Bonchev–Trinajstić information content (AvgIpc) is 3.11. The van der Waals surface area contributed by atoms with E-state index < -0.39 is 0 Å². The van der Waals surface area contributed by atoms with E-state index in [0.29, 0.717) is 17.0 Å². The maximum Gasteiger partial charge on any atom is 0.269 e. The molecule has 6 heteroatoms. The van der Waals surface area contributed by atoms with E-state index in [0.717, 1.165) is 5.56 Å². The average molecular weight is 362 g/mol. The Hall–Kier alpha value is -3.28. The van der Waals surface area contributed by atoms with Crippen LogP contribution in [0.3, 0.4) is 0 Å². The summed E-state index contributed by atoms with van der Waals surface area (Å²) in [7, 11) is 3.36. The minimum Gasteiger partial charge on any atom is -0.354 e. The molecular weight excluding hydrogens is 340 g/mol. The Balaban J connectivity index is 1.97. The second-order valence-corrected chi connectivity index (χ2v) is 6.46. The van der Waals surface area contributed by atoms with E-state index in [1.165, 1.54) is 0 Å². The maximum absolute atomic E-state index is 12.8. The van der Waals surface area contributed by atoms with Gasteiger partial charge in [-0.1, -0.05) is 37.3 Å². The molecule has 0 fully saturated rings. The molecule has 6 nitrogen and oxygen atoms in total. The van der Waals surface area contributed by atoms with Gasteiger partial charge in [-0.15, -0.1) is 0 Å². The minimum atomic E-state index is -0.316. The molecule has 27 heavy (non-hydrogen) atoms. The molecule has 2 aromatic heterocycles. The number of aromatic nitrogens is 3. The predicted octanol–water partition coefficient (Wildman–Crippen LogP) is 2.75. The molecular formula is C21H22N4O2. The van der Waals surface area contributed by atoms with Crippen LogP contribution in [-0.2, 0) is 13.5 Å². The van der Waals surface area contributed by atoms with Gasteiger partial charge in [0.05, 0.1) is 12.1 Å². The van der Waals surface area contributed by atoms with E-state index >= 15 is 0 Å². The Morgan fingerprint density at radius 1 is 1.15 bits per heavy atom. The van der Waals surface area contributed by atoms with Gasteiger partial charge in [-0.2, -0.15) is 5.10 Å². The van der Waals surface area contributed by atoms with Crippen molar-refractivity contribution in [2.24, 2.45) is 7.05 Å². The first-order valence-corrected chi connectivity index (χ1v) is 8.78. The number of pyridine rings is 1. The molecule has 2 heterocycles.